The molecule has 0 unspecified atom stereocenters. The highest BCUT2D eigenvalue weighted by molar-refractivity contribution is 7.92. The summed E-state index contributed by atoms with van der Waals surface area (Å²) in [6.45, 7) is 3.69. The number of aromatic amines is 1. The van der Waals surface area contributed by atoms with Crippen LogP contribution in [0.4, 0.5) is 5.69 Å². The first-order valence-corrected chi connectivity index (χ1v) is 8.82. The van der Waals surface area contributed by atoms with E-state index in [1.165, 1.54) is 17.4 Å². The Labute approximate surface area is 140 Å². The van der Waals surface area contributed by atoms with Crippen LogP contribution >= 0.6 is 11.6 Å². The SMILES string of the molecule is Cc1nc2ccc(N(C)S(=O)(=O)c3ccc(C)c(Cl)c3)cc2[nH]1. The molecule has 5 nitrogen and oxygen atoms in total. The molecule has 3 aromatic rings. The van der Waals surface area contributed by atoms with Crippen molar-refractivity contribution in [2.45, 2.75) is 18.7 Å². The number of sulfonamides is 1. The number of imidazole rings is 1. The van der Waals surface area contributed by atoms with E-state index in [0.717, 1.165) is 22.4 Å². The molecule has 1 N–H and O–H groups in total. The molecule has 7 heteroatoms. The normalized spacial score (nSPS) is 11.8. The Morgan fingerprint density at radius 1 is 1.13 bits per heavy atom. The quantitative estimate of drug-likeness (QED) is 0.784. The lowest BCUT2D eigenvalue weighted by molar-refractivity contribution is 0.594. The van der Waals surface area contributed by atoms with E-state index in [1.807, 2.05) is 13.8 Å². The van der Waals surface area contributed by atoms with E-state index in [4.69, 9.17) is 11.6 Å². The summed E-state index contributed by atoms with van der Waals surface area (Å²) >= 11 is 6.06. The molecule has 0 aliphatic heterocycles. The van der Waals surface area contributed by atoms with Crippen molar-refractivity contribution in [1.82, 2.24) is 9.97 Å². The number of halogens is 1. The van der Waals surface area contributed by atoms with Crippen LogP contribution in [0.5, 0.6) is 0 Å². The number of benzene rings is 2. The van der Waals surface area contributed by atoms with Gasteiger partial charge in [0.2, 0.25) is 0 Å². The highest BCUT2D eigenvalue weighted by Gasteiger charge is 2.22. The first kappa shape index (κ1) is 15.8. The molecule has 0 saturated heterocycles. The van der Waals surface area contributed by atoms with Gasteiger partial charge >= 0.3 is 0 Å². The van der Waals surface area contributed by atoms with E-state index in [1.54, 1.807) is 30.3 Å². The van der Waals surface area contributed by atoms with Gasteiger partial charge in [-0.05, 0) is 49.7 Å². The van der Waals surface area contributed by atoms with Crippen LogP contribution in [0, 0.1) is 13.8 Å². The smallest absolute Gasteiger partial charge is 0.264 e. The van der Waals surface area contributed by atoms with E-state index in [0.29, 0.717) is 10.7 Å². The molecule has 0 aliphatic rings. The average molecular weight is 350 g/mol. The number of fused-ring (bicyclic) bond motifs is 1. The topological polar surface area (TPSA) is 66.1 Å². The lowest BCUT2D eigenvalue weighted by Crippen LogP contribution is -2.26. The third-order valence-electron chi connectivity index (χ3n) is 3.75. The zero-order valence-electron chi connectivity index (χ0n) is 13.0. The zero-order valence-corrected chi connectivity index (χ0v) is 14.5. The molecule has 120 valence electrons. The minimum Gasteiger partial charge on any atom is -0.342 e. The first-order chi connectivity index (χ1) is 10.8. The van der Waals surface area contributed by atoms with Gasteiger partial charge in [-0.15, -0.1) is 0 Å². The van der Waals surface area contributed by atoms with Gasteiger partial charge in [-0.1, -0.05) is 17.7 Å². The van der Waals surface area contributed by atoms with Crippen LogP contribution in [-0.4, -0.2) is 25.4 Å². The number of aromatic nitrogens is 2. The summed E-state index contributed by atoms with van der Waals surface area (Å²) in [5.74, 6) is 0.785. The third kappa shape index (κ3) is 2.80. The van der Waals surface area contributed by atoms with Crippen molar-refractivity contribution in [3.63, 3.8) is 0 Å². The number of aryl methyl sites for hydroxylation is 2. The number of hydrogen-bond acceptors (Lipinski definition) is 3. The minimum absolute atomic E-state index is 0.163. The van der Waals surface area contributed by atoms with Crippen LogP contribution < -0.4 is 4.31 Å². The summed E-state index contributed by atoms with van der Waals surface area (Å²) in [5.41, 5.74) is 2.99. The molecule has 0 fully saturated rings. The van der Waals surface area contributed by atoms with Gasteiger partial charge < -0.3 is 4.98 Å². The van der Waals surface area contributed by atoms with Crippen molar-refractivity contribution >= 4 is 38.3 Å². The van der Waals surface area contributed by atoms with E-state index in [9.17, 15) is 8.42 Å². The third-order valence-corrected chi connectivity index (χ3v) is 5.94. The molecule has 0 aliphatic carbocycles. The highest BCUT2D eigenvalue weighted by atomic mass is 35.5. The summed E-state index contributed by atoms with van der Waals surface area (Å²) < 4.78 is 26.8. The largest absolute Gasteiger partial charge is 0.342 e. The van der Waals surface area contributed by atoms with Crippen LogP contribution in [-0.2, 0) is 10.0 Å². The summed E-state index contributed by atoms with van der Waals surface area (Å²) in [7, 11) is -2.16. The minimum atomic E-state index is -3.68. The Morgan fingerprint density at radius 3 is 2.57 bits per heavy atom. The van der Waals surface area contributed by atoms with Crippen molar-refractivity contribution < 1.29 is 8.42 Å². The van der Waals surface area contributed by atoms with Crippen LogP contribution in [0.25, 0.3) is 11.0 Å². The van der Waals surface area contributed by atoms with Crippen molar-refractivity contribution in [3.05, 3.63) is 52.8 Å². The first-order valence-electron chi connectivity index (χ1n) is 7.00. The molecule has 0 bridgehead atoms. The second kappa shape index (κ2) is 5.54. The summed E-state index contributed by atoms with van der Waals surface area (Å²) in [6.07, 6.45) is 0. The van der Waals surface area contributed by atoms with Crippen molar-refractivity contribution in [2.75, 3.05) is 11.4 Å². The Morgan fingerprint density at radius 2 is 1.87 bits per heavy atom. The predicted molar refractivity (Wildman–Crippen MR) is 92.6 cm³/mol. The highest BCUT2D eigenvalue weighted by Crippen LogP contribution is 2.27. The molecule has 0 spiro atoms. The molecule has 0 atom stereocenters. The van der Waals surface area contributed by atoms with Gasteiger partial charge in [-0.2, -0.15) is 0 Å². The second-order valence-corrected chi connectivity index (χ2v) is 7.78. The van der Waals surface area contributed by atoms with Crippen molar-refractivity contribution in [2.24, 2.45) is 0 Å². The molecule has 2 aromatic carbocycles. The van der Waals surface area contributed by atoms with Gasteiger partial charge in [-0.25, -0.2) is 13.4 Å². The second-order valence-electron chi connectivity index (χ2n) is 5.41. The predicted octanol–water partition coefficient (Wildman–Crippen LogP) is 3.66. The van der Waals surface area contributed by atoms with Crippen LogP contribution in [0.1, 0.15) is 11.4 Å². The van der Waals surface area contributed by atoms with Gasteiger partial charge in [0.1, 0.15) is 5.82 Å². The van der Waals surface area contributed by atoms with E-state index < -0.39 is 10.0 Å². The standard InChI is InChI=1S/C16H16ClN3O2S/c1-10-4-6-13(9-14(10)17)23(21,22)20(3)12-5-7-15-16(8-12)19-11(2)18-15/h4-9H,1-3H3,(H,18,19). The van der Waals surface area contributed by atoms with Gasteiger partial charge in [0.05, 0.1) is 21.6 Å². The average Bonchev–Trinajstić information content (AvgIpc) is 2.88. The fourth-order valence-electron chi connectivity index (χ4n) is 2.35. The number of nitrogens with zero attached hydrogens (tertiary/aromatic N) is 2. The maximum Gasteiger partial charge on any atom is 0.264 e. The Hall–Kier alpha value is -2.05. The molecule has 0 radical (unpaired) electrons. The van der Waals surface area contributed by atoms with Gasteiger partial charge in [0, 0.05) is 12.1 Å². The van der Waals surface area contributed by atoms with Gasteiger partial charge in [0.25, 0.3) is 10.0 Å². The maximum absolute atomic E-state index is 12.8. The summed E-state index contributed by atoms with van der Waals surface area (Å²) in [4.78, 5) is 7.59. The molecule has 23 heavy (non-hydrogen) atoms. The van der Waals surface area contributed by atoms with E-state index in [-0.39, 0.29) is 4.90 Å². The summed E-state index contributed by atoms with van der Waals surface area (Å²) in [6, 6.07) is 10.0. The Bertz CT molecular complexity index is 996. The maximum atomic E-state index is 12.8. The molecule has 0 saturated carbocycles. The van der Waals surface area contributed by atoms with Gasteiger partial charge in [-0.3, -0.25) is 4.31 Å². The van der Waals surface area contributed by atoms with E-state index >= 15 is 0 Å². The van der Waals surface area contributed by atoms with Crippen molar-refractivity contribution in [3.8, 4) is 0 Å². The molecular weight excluding hydrogens is 334 g/mol. The fourth-order valence-corrected chi connectivity index (χ4v) is 3.81. The Balaban J connectivity index is 2.05. The van der Waals surface area contributed by atoms with Crippen LogP contribution in [0.2, 0.25) is 5.02 Å². The monoisotopic (exact) mass is 349 g/mol. The lowest BCUT2D eigenvalue weighted by Gasteiger charge is -2.20. The molecule has 1 heterocycles. The molecule has 3 rings (SSSR count). The van der Waals surface area contributed by atoms with Crippen molar-refractivity contribution in [1.29, 1.82) is 0 Å². The molecule has 1 aromatic heterocycles. The molecular formula is C16H16ClN3O2S. The van der Waals surface area contributed by atoms with Gasteiger partial charge in [0.15, 0.2) is 0 Å². The lowest BCUT2D eigenvalue weighted by atomic mass is 10.2. The van der Waals surface area contributed by atoms with Crippen LogP contribution in [0.3, 0.4) is 0 Å². The number of nitrogens with one attached hydrogen (secondary N) is 1. The number of anilines is 1. The number of hydrogen-bond donors (Lipinski definition) is 1. The zero-order chi connectivity index (χ0) is 16.8. The molecule has 0 amide bonds. The summed E-state index contributed by atoms with van der Waals surface area (Å²) in [5, 5.41) is 0.430. The fraction of sp³-hybridized carbons (Fsp3) is 0.188. The van der Waals surface area contributed by atoms with Crippen LogP contribution in [0.15, 0.2) is 41.3 Å². The Kier molecular flexibility index (Phi) is 3.82. The van der Waals surface area contributed by atoms with E-state index in [2.05, 4.69) is 9.97 Å². The number of H-pyrrole nitrogens is 1. The number of rotatable bonds is 3.